The molecular formula is C15H12F5N3OS. The molecule has 4 nitrogen and oxygen atoms in total. The van der Waals surface area contributed by atoms with Gasteiger partial charge in [-0.2, -0.15) is 0 Å². The van der Waals surface area contributed by atoms with Gasteiger partial charge in [-0.15, -0.1) is 0 Å². The van der Waals surface area contributed by atoms with Crippen LogP contribution in [-0.4, -0.2) is 14.8 Å². The molecule has 0 saturated carbocycles. The van der Waals surface area contributed by atoms with E-state index in [1.165, 1.54) is 15.2 Å². The van der Waals surface area contributed by atoms with Gasteiger partial charge in [-0.3, -0.25) is 14.6 Å². The van der Waals surface area contributed by atoms with E-state index in [0.717, 1.165) is 12.1 Å². The summed E-state index contributed by atoms with van der Waals surface area (Å²) in [5.41, 5.74) is 0.0572. The molecule has 1 N–H and O–H groups in total. The Hall–Kier alpha value is -2.62. The Labute approximate surface area is 138 Å². The molecule has 0 amide bonds. The summed E-state index contributed by atoms with van der Waals surface area (Å²) in [4.78, 5) is 10.1. The highest BCUT2D eigenvalue weighted by molar-refractivity contribution is 8.45. The van der Waals surface area contributed by atoms with E-state index in [4.69, 9.17) is 5.41 Å². The summed E-state index contributed by atoms with van der Waals surface area (Å²) >= 11 is 0. The van der Waals surface area contributed by atoms with Gasteiger partial charge in [0.1, 0.15) is 4.90 Å². The van der Waals surface area contributed by atoms with Crippen LogP contribution in [0.3, 0.4) is 0 Å². The van der Waals surface area contributed by atoms with Gasteiger partial charge >= 0.3 is 10.2 Å². The topological polar surface area (TPSA) is 50.3 Å². The van der Waals surface area contributed by atoms with Gasteiger partial charge in [-0.25, -0.2) is 0 Å². The number of pyridine rings is 1. The number of nitrogens with zero attached hydrogens (tertiary/aromatic N) is 2. The summed E-state index contributed by atoms with van der Waals surface area (Å²) in [7, 11) is -9.85. The molecule has 3 rings (SSSR count). The first-order valence-corrected chi connectivity index (χ1v) is 8.89. The summed E-state index contributed by atoms with van der Waals surface area (Å²) in [6, 6.07) is 7.29. The highest BCUT2D eigenvalue weighted by atomic mass is 32.5. The van der Waals surface area contributed by atoms with Crippen LogP contribution < -0.4 is 5.62 Å². The van der Waals surface area contributed by atoms with Crippen molar-refractivity contribution in [3.63, 3.8) is 0 Å². The fourth-order valence-corrected chi connectivity index (χ4v) is 3.08. The van der Waals surface area contributed by atoms with Crippen molar-refractivity contribution in [1.82, 2.24) is 8.97 Å². The normalized spacial score (nSPS) is 14.9. The van der Waals surface area contributed by atoms with Crippen molar-refractivity contribution < 1.29 is 24.2 Å². The van der Waals surface area contributed by atoms with E-state index in [1.807, 2.05) is 0 Å². The predicted octanol–water partition coefficient (Wildman–Crippen LogP) is 4.76. The van der Waals surface area contributed by atoms with Crippen molar-refractivity contribution >= 4 is 21.5 Å². The number of hydrogen-bond donors (Lipinski definition) is 1. The van der Waals surface area contributed by atoms with Crippen LogP contribution in [0.2, 0.25) is 0 Å². The maximum atomic E-state index is 12.9. The van der Waals surface area contributed by atoms with Crippen LogP contribution >= 0.6 is 10.2 Å². The second-order valence-electron chi connectivity index (χ2n) is 5.50. The number of hydrogen-bond acceptors (Lipinski definition) is 2. The number of ketones is 1. The number of Topliss-reactive ketones (excluding diaryl/α,β-unsaturated/α-hetero) is 1. The minimum atomic E-state index is -9.85. The molecule has 0 aliphatic rings. The second-order valence-corrected chi connectivity index (χ2v) is 7.91. The lowest BCUT2D eigenvalue weighted by Gasteiger charge is -2.40. The van der Waals surface area contributed by atoms with Crippen molar-refractivity contribution in [2.24, 2.45) is 0 Å². The first-order valence-electron chi connectivity index (χ1n) is 6.94. The molecule has 1 aromatic carbocycles. The third kappa shape index (κ3) is 3.43. The van der Waals surface area contributed by atoms with E-state index in [1.54, 1.807) is 24.4 Å². The number of carbonyl (C=O) groups excluding carboxylic acids is 1. The Bertz CT molecular complexity index is 1050. The summed E-state index contributed by atoms with van der Waals surface area (Å²) in [6.45, 7) is -0.440. The average molecular weight is 377 g/mol. The average Bonchev–Trinajstić information content (AvgIpc) is 2.82. The molecule has 25 heavy (non-hydrogen) atoms. The van der Waals surface area contributed by atoms with Crippen LogP contribution in [0.25, 0.3) is 5.52 Å². The van der Waals surface area contributed by atoms with Crippen LogP contribution in [0.5, 0.6) is 0 Å². The standard InChI is InChI=1S/C15H12F5N3OS/c16-25(17,18,19,20)13-6-3-4-11(8-13)14(24)10-22-9-12-5-1-2-7-23(12)15(22)21/h1-9,21H,10H2. The maximum Gasteiger partial charge on any atom is 0.310 e. The van der Waals surface area contributed by atoms with Gasteiger partial charge in [0.2, 0.25) is 5.62 Å². The van der Waals surface area contributed by atoms with Gasteiger partial charge in [0.25, 0.3) is 0 Å². The molecule has 3 aromatic rings. The van der Waals surface area contributed by atoms with E-state index in [0.29, 0.717) is 5.52 Å². The summed E-state index contributed by atoms with van der Waals surface area (Å²) in [5, 5.41) is 7.96. The summed E-state index contributed by atoms with van der Waals surface area (Å²) < 4.78 is 67.1. The number of imidazole rings is 1. The Balaban J connectivity index is 1.97. The molecule has 10 heteroatoms. The van der Waals surface area contributed by atoms with Gasteiger partial charge in [0, 0.05) is 18.0 Å². The molecule has 0 spiro atoms. The summed E-state index contributed by atoms with van der Waals surface area (Å²) in [5.74, 6) is -0.807. The molecular weight excluding hydrogens is 365 g/mol. The van der Waals surface area contributed by atoms with Gasteiger partial charge in [0.05, 0.1) is 12.1 Å². The van der Waals surface area contributed by atoms with Crippen LogP contribution in [0.15, 0.2) is 59.8 Å². The molecule has 0 aliphatic carbocycles. The number of aromatic nitrogens is 2. The molecule has 2 aromatic heterocycles. The Morgan fingerprint density at radius 2 is 1.76 bits per heavy atom. The number of nitrogens with one attached hydrogen (secondary N) is 1. The van der Waals surface area contributed by atoms with Gasteiger partial charge < -0.3 is 4.57 Å². The van der Waals surface area contributed by atoms with Gasteiger partial charge in [0.15, 0.2) is 5.78 Å². The lowest BCUT2D eigenvalue weighted by molar-refractivity contribution is 0.0970. The van der Waals surface area contributed by atoms with Crippen LogP contribution in [-0.2, 0) is 6.54 Å². The fraction of sp³-hybridized carbons (Fsp3) is 0.0667. The van der Waals surface area contributed by atoms with Crippen LogP contribution in [0, 0.1) is 5.41 Å². The SMILES string of the molecule is N=c1n(CC(=O)c2cccc(S(F)(F)(F)(F)F)c2)cc2ccccn12. The second kappa shape index (κ2) is 4.72. The largest absolute Gasteiger partial charge is 0.310 e. The molecule has 134 valence electrons. The van der Waals surface area contributed by atoms with E-state index >= 15 is 0 Å². The van der Waals surface area contributed by atoms with Crippen molar-refractivity contribution in [1.29, 1.82) is 5.41 Å². The van der Waals surface area contributed by atoms with E-state index in [-0.39, 0.29) is 17.8 Å². The van der Waals surface area contributed by atoms with Gasteiger partial charge in [-0.05, 0) is 24.3 Å². The molecule has 0 saturated heterocycles. The molecule has 0 radical (unpaired) electrons. The number of carbonyl (C=O) groups is 1. The van der Waals surface area contributed by atoms with Gasteiger partial charge in [-0.1, -0.05) is 37.6 Å². The lowest BCUT2D eigenvalue weighted by Crippen LogP contribution is -2.24. The maximum absolute atomic E-state index is 12.9. The molecule has 2 heterocycles. The van der Waals surface area contributed by atoms with Crippen LogP contribution in [0.4, 0.5) is 19.4 Å². The number of fused-ring (bicyclic) bond motifs is 1. The quantitative estimate of drug-likeness (QED) is 0.517. The molecule has 0 atom stereocenters. The Kier molecular flexibility index (Phi) is 3.25. The highest BCUT2D eigenvalue weighted by Crippen LogP contribution is 3.02. The number of halogens is 5. The number of rotatable bonds is 4. The van der Waals surface area contributed by atoms with E-state index in [9.17, 15) is 24.2 Å². The van der Waals surface area contributed by atoms with E-state index < -0.39 is 33.0 Å². The smallest absolute Gasteiger partial charge is 0.309 e. The Morgan fingerprint density at radius 3 is 2.40 bits per heavy atom. The zero-order chi connectivity index (χ0) is 18.5. The summed E-state index contributed by atoms with van der Waals surface area (Å²) in [6.07, 6.45) is 3.07. The van der Waals surface area contributed by atoms with Crippen LogP contribution in [0.1, 0.15) is 10.4 Å². The third-order valence-electron chi connectivity index (χ3n) is 3.60. The molecule has 0 aliphatic heterocycles. The predicted molar refractivity (Wildman–Crippen MR) is 83.4 cm³/mol. The first kappa shape index (κ1) is 17.2. The minimum absolute atomic E-state index is 0.0622. The first-order chi connectivity index (χ1) is 11.3. The minimum Gasteiger partial charge on any atom is -0.309 e. The van der Waals surface area contributed by atoms with Crippen molar-refractivity contribution in [2.45, 2.75) is 11.4 Å². The van der Waals surface area contributed by atoms with Crippen molar-refractivity contribution in [2.75, 3.05) is 0 Å². The highest BCUT2D eigenvalue weighted by Gasteiger charge is 2.65. The zero-order valence-corrected chi connectivity index (χ0v) is 13.3. The van der Waals surface area contributed by atoms with Crippen molar-refractivity contribution in [3.8, 4) is 0 Å². The molecule has 0 unspecified atom stereocenters. The Morgan fingerprint density at radius 1 is 1.04 bits per heavy atom. The monoisotopic (exact) mass is 377 g/mol. The van der Waals surface area contributed by atoms with Crippen molar-refractivity contribution in [3.05, 3.63) is 66.0 Å². The van der Waals surface area contributed by atoms with E-state index in [2.05, 4.69) is 0 Å². The fourth-order valence-electron chi connectivity index (χ4n) is 2.39. The zero-order valence-electron chi connectivity index (χ0n) is 12.5. The number of benzene rings is 1. The molecule has 0 bridgehead atoms. The molecule has 0 fully saturated rings. The third-order valence-corrected chi connectivity index (χ3v) is 4.74. The lowest BCUT2D eigenvalue weighted by atomic mass is 10.1.